The lowest BCUT2D eigenvalue weighted by atomic mass is 10.1. The molecule has 1 atom stereocenters. The number of sulfonamides is 1. The van der Waals surface area contributed by atoms with E-state index in [-0.39, 0.29) is 10.9 Å². The Labute approximate surface area is 117 Å². The molecule has 0 saturated carbocycles. The minimum Gasteiger partial charge on any atom is -0.265 e. The zero-order chi connectivity index (χ0) is 13.9. The lowest BCUT2D eigenvalue weighted by molar-refractivity contribution is 0.567. The van der Waals surface area contributed by atoms with Crippen molar-refractivity contribution in [2.75, 3.05) is 0 Å². The first-order chi connectivity index (χ1) is 8.99. The van der Waals surface area contributed by atoms with Crippen LogP contribution >= 0.6 is 11.6 Å². The quantitative estimate of drug-likeness (QED) is 0.944. The van der Waals surface area contributed by atoms with Crippen LogP contribution in [0, 0.1) is 0 Å². The van der Waals surface area contributed by atoms with Crippen molar-refractivity contribution in [1.82, 2.24) is 9.71 Å². The van der Waals surface area contributed by atoms with E-state index in [2.05, 4.69) is 9.71 Å². The number of nitrogens with zero attached hydrogens (tertiary/aromatic N) is 1. The van der Waals surface area contributed by atoms with Crippen LogP contribution in [0.5, 0.6) is 0 Å². The van der Waals surface area contributed by atoms with E-state index in [1.807, 2.05) is 0 Å². The predicted molar refractivity (Wildman–Crippen MR) is 74.4 cm³/mol. The number of halogens is 1. The van der Waals surface area contributed by atoms with Crippen molar-refractivity contribution in [2.45, 2.75) is 17.9 Å². The Morgan fingerprint density at radius 1 is 1.21 bits per heavy atom. The molecule has 6 heteroatoms. The van der Waals surface area contributed by atoms with Crippen molar-refractivity contribution < 1.29 is 8.42 Å². The van der Waals surface area contributed by atoms with Gasteiger partial charge in [0.1, 0.15) is 0 Å². The van der Waals surface area contributed by atoms with E-state index in [1.165, 1.54) is 12.1 Å². The van der Waals surface area contributed by atoms with Crippen LogP contribution < -0.4 is 4.72 Å². The van der Waals surface area contributed by atoms with Gasteiger partial charge in [0.25, 0.3) is 0 Å². The lowest BCUT2D eigenvalue weighted by Gasteiger charge is -2.14. The number of hydrogen-bond acceptors (Lipinski definition) is 3. The second-order valence-electron chi connectivity index (χ2n) is 4.08. The van der Waals surface area contributed by atoms with Gasteiger partial charge in [-0.25, -0.2) is 13.1 Å². The van der Waals surface area contributed by atoms with Gasteiger partial charge in [-0.1, -0.05) is 17.7 Å². The molecule has 0 spiro atoms. The highest BCUT2D eigenvalue weighted by Gasteiger charge is 2.18. The molecule has 100 valence electrons. The zero-order valence-corrected chi connectivity index (χ0v) is 11.8. The largest absolute Gasteiger partial charge is 0.265 e. The maximum atomic E-state index is 12.2. The number of pyridine rings is 1. The molecule has 0 aliphatic carbocycles. The second-order valence-corrected chi connectivity index (χ2v) is 6.23. The number of nitrogens with one attached hydrogen (secondary N) is 1. The molecule has 1 N–H and O–H groups in total. The molecule has 4 nitrogen and oxygen atoms in total. The van der Waals surface area contributed by atoms with E-state index in [1.54, 1.807) is 43.6 Å². The third-order valence-electron chi connectivity index (χ3n) is 2.64. The molecule has 0 amide bonds. The van der Waals surface area contributed by atoms with E-state index in [0.29, 0.717) is 5.02 Å². The summed E-state index contributed by atoms with van der Waals surface area (Å²) in [4.78, 5) is 4.05. The maximum absolute atomic E-state index is 12.2. The molecule has 1 aromatic carbocycles. The number of aromatic nitrogens is 1. The molecule has 2 aromatic rings. The first-order valence-electron chi connectivity index (χ1n) is 5.67. The Kier molecular flexibility index (Phi) is 4.19. The van der Waals surface area contributed by atoms with Crippen molar-refractivity contribution in [1.29, 1.82) is 0 Å². The summed E-state index contributed by atoms with van der Waals surface area (Å²) in [6.45, 7) is 1.78. The van der Waals surface area contributed by atoms with Gasteiger partial charge in [0.05, 0.1) is 4.90 Å². The van der Waals surface area contributed by atoms with Crippen molar-refractivity contribution in [3.05, 3.63) is 59.4 Å². The molecule has 1 heterocycles. The van der Waals surface area contributed by atoms with Crippen LogP contribution in [0.25, 0.3) is 0 Å². The molecule has 0 fully saturated rings. The van der Waals surface area contributed by atoms with Crippen molar-refractivity contribution in [3.63, 3.8) is 0 Å². The van der Waals surface area contributed by atoms with Gasteiger partial charge in [-0.05, 0) is 42.8 Å². The van der Waals surface area contributed by atoms with Crippen LogP contribution in [0.4, 0.5) is 0 Å². The first kappa shape index (κ1) is 14.0. The Hall–Kier alpha value is -1.43. The summed E-state index contributed by atoms with van der Waals surface area (Å²) >= 11 is 5.80. The molecular weight excluding hydrogens is 284 g/mol. The molecule has 1 aromatic heterocycles. The summed E-state index contributed by atoms with van der Waals surface area (Å²) in [7, 11) is -3.59. The Morgan fingerprint density at radius 2 is 1.89 bits per heavy atom. The van der Waals surface area contributed by atoms with Gasteiger partial charge in [0.15, 0.2) is 0 Å². The molecule has 0 radical (unpaired) electrons. The first-order valence-corrected chi connectivity index (χ1v) is 7.53. The highest BCUT2D eigenvalue weighted by molar-refractivity contribution is 7.89. The fourth-order valence-electron chi connectivity index (χ4n) is 1.66. The summed E-state index contributed by atoms with van der Waals surface area (Å²) in [5.74, 6) is 0. The minimum atomic E-state index is -3.59. The van der Waals surface area contributed by atoms with Crippen LogP contribution in [-0.2, 0) is 10.0 Å². The second kappa shape index (κ2) is 5.69. The number of rotatable bonds is 4. The van der Waals surface area contributed by atoms with E-state index >= 15 is 0 Å². The fourth-order valence-corrected chi connectivity index (χ4v) is 3.19. The van der Waals surface area contributed by atoms with Crippen LogP contribution in [0.15, 0.2) is 53.7 Å². The Morgan fingerprint density at radius 3 is 2.53 bits per heavy atom. The molecule has 0 saturated heterocycles. The van der Waals surface area contributed by atoms with E-state index < -0.39 is 10.0 Å². The van der Waals surface area contributed by atoms with E-state index in [9.17, 15) is 8.42 Å². The van der Waals surface area contributed by atoms with Gasteiger partial charge in [0.2, 0.25) is 10.0 Å². The summed E-state index contributed by atoms with van der Waals surface area (Å²) < 4.78 is 27.0. The van der Waals surface area contributed by atoms with Crippen molar-refractivity contribution >= 4 is 21.6 Å². The molecule has 0 aliphatic rings. The van der Waals surface area contributed by atoms with E-state index in [4.69, 9.17) is 11.6 Å². The lowest BCUT2D eigenvalue weighted by Crippen LogP contribution is -2.26. The maximum Gasteiger partial charge on any atom is 0.241 e. The summed E-state index contributed by atoms with van der Waals surface area (Å²) in [6, 6.07) is 9.36. The Bertz CT molecular complexity index is 659. The summed E-state index contributed by atoms with van der Waals surface area (Å²) in [6.07, 6.45) is 3.25. The van der Waals surface area contributed by atoms with Gasteiger partial charge in [-0.2, -0.15) is 0 Å². The topological polar surface area (TPSA) is 59.1 Å². The Balaban J connectivity index is 2.23. The summed E-state index contributed by atoms with van der Waals surface area (Å²) in [5, 5.41) is 0.388. The van der Waals surface area contributed by atoms with Crippen LogP contribution in [0.3, 0.4) is 0 Å². The molecule has 0 bridgehead atoms. The SMILES string of the molecule is C[C@H](NS(=O)(=O)c1cccc(Cl)c1)c1ccncc1. The van der Waals surface area contributed by atoms with Crippen LogP contribution in [0.1, 0.15) is 18.5 Å². The zero-order valence-electron chi connectivity index (χ0n) is 10.2. The fraction of sp³-hybridized carbons (Fsp3) is 0.154. The standard InChI is InChI=1S/C13H13ClN2O2S/c1-10(11-5-7-15-8-6-11)16-19(17,18)13-4-2-3-12(14)9-13/h2-10,16H,1H3/t10-/m0/s1. The van der Waals surface area contributed by atoms with Gasteiger partial charge in [-0.3, -0.25) is 4.98 Å². The highest BCUT2D eigenvalue weighted by Crippen LogP contribution is 2.18. The molecule has 19 heavy (non-hydrogen) atoms. The third kappa shape index (κ3) is 3.53. The molecule has 0 aliphatic heterocycles. The van der Waals surface area contributed by atoms with Crippen LogP contribution in [-0.4, -0.2) is 13.4 Å². The minimum absolute atomic E-state index is 0.154. The normalized spacial score (nSPS) is 13.2. The number of benzene rings is 1. The monoisotopic (exact) mass is 296 g/mol. The summed E-state index contributed by atoms with van der Waals surface area (Å²) in [5.41, 5.74) is 0.848. The molecular formula is C13H13ClN2O2S. The highest BCUT2D eigenvalue weighted by atomic mass is 35.5. The number of hydrogen-bond donors (Lipinski definition) is 1. The smallest absolute Gasteiger partial charge is 0.241 e. The average molecular weight is 297 g/mol. The van der Waals surface area contributed by atoms with Gasteiger partial charge < -0.3 is 0 Å². The van der Waals surface area contributed by atoms with Crippen molar-refractivity contribution in [3.8, 4) is 0 Å². The third-order valence-corrected chi connectivity index (χ3v) is 4.42. The molecule has 0 unspecified atom stereocenters. The van der Waals surface area contributed by atoms with E-state index in [0.717, 1.165) is 5.56 Å². The van der Waals surface area contributed by atoms with Crippen molar-refractivity contribution in [2.24, 2.45) is 0 Å². The van der Waals surface area contributed by atoms with Gasteiger partial charge >= 0.3 is 0 Å². The average Bonchev–Trinajstić information content (AvgIpc) is 2.39. The van der Waals surface area contributed by atoms with Gasteiger partial charge in [0, 0.05) is 23.5 Å². The van der Waals surface area contributed by atoms with Crippen LogP contribution in [0.2, 0.25) is 5.02 Å². The van der Waals surface area contributed by atoms with Gasteiger partial charge in [-0.15, -0.1) is 0 Å². The molecule has 2 rings (SSSR count). The predicted octanol–water partition coefficient (Wildman–Crippen LogP) is 2.77.